The highest BCUT2D eigenvalue weighted by atomic mass is 14.7. The molecule has 1 heteroatoms. The van der Waals surface area contributed by atoms with Crippen molar-refractivity contribution < 1.29 is 0 Å². The van der Waals surface area contributed by atoms with Gasteiger partial charge < -0.3 is 4.98 Å². The van der Waals surface area contributed by atoms with E-state index in [0.717, 1.165) is 0 Å². The molecule has 1 heterocycles. The van der Waals surface area contributed by atoms with Gasteiger partial charge in [-0.25, -0.2) is 0 Å². The second-order valence-corrected chi connectivity index (χ2v) is 4.32. The van der Waals surface area contributed by atoms with E-state index in [9.17, 15) is 0 Å². The lowest BCUT2D eigenvalue weighted by Gasteiger charge is -2.02. The van der Waals surface area contributed by atoms with Crippen LogP contribution in [0.2, 0.25) is 0 Å². The maximum Gasteiger partial charge on any atom is 0.0488 e. The van der Waals surface area contributed by atoms with E-state index in [-0.39, 0.29) is 0 Å². The Morgan fingerprint density at radius 2 is 1.86 bits per heavy atom. The summed E-state index contributed by atoms with van der Waals surface area (Å²) in [6.07, 6.45) is 0. The van der Waals surface area contributed by atoms with Crippen molar-refractivity contribution in [2.75, 3.05) is 0 Å². The molecule has 0 bridgehead atoms. The number of hydrogen-bond acceptors (Lipinski definition) is 0. The molecular formula is C13H17N. The minimum Gasteiger partial charge on any atom is -0.358 e. The molecule has 1 nitrogen and oxygen atoms in total. The molecule has 0 fully saturated rings. The smallest absolute Gasteiger partial charge is 0.0488 e. The molecule has 1 N–H and O–H groups in total. The van der Waals surface area contributed by atoms with Gasteiger partial charge >= 0.3 is 0 Å². The van der Waals surface area contributed by atoms with Crippen LogP contribution in [0.4, 0.5) is 0 Å². The van der Waals surface area contributed by atoms with Gasteiger partial charge in [0.25, 0.3) is 0 Å². The number of rotatable bonds is 1. The van der Waals surface area contributed by atoms with Crippen molar-refractivity contribution in [1.82, 2.24) is 4.98 Å². The first kappa shape index (κ1) is 9.32. The number of para-hydroxylation sites is 1. The average molecular weight is 187 g/mol. The standard InChI is InChI=1S/C13H17N/c1-8(2)12-10(4)11-7-5-6-9(3)13(11)14-12/h5-8,14H,1-4H3. The van der Waals surface area contributed by atoms with E-state index < -0.39 is 0 Å². The van der Waals surface area contributed by atoms with Crippen LogP contribution in [0.15, 0.2) is 18.2 Å². The first-order valence-electron chi connectivity index (χ1n) is 5.19. The van der Waals surface area contributed by atoms with Crippen molar-refractivity contribution in [3.05, 3.63) is 35.0 Å². The summed E-state index contributed by atoms with van der Waals surface area (Å²) in [7, 11) is 0. The number of aryl methyl sites for hydroxylation is 2. The Labute approximate surface area is 85.1 Å². The molecule has 0 amide bonds. The number of aromatic nitrogens is 1. The molecule has 74 valence electrons. The Bertz CT molecular complexity index is 463. The fourth-order valence-corrected chi connectivity index (χ4v) is 2.10. The molecule has 0 saturated heterocycles. The molecule has 2 aromatic rings. The van der Waals surface area contributed by atoms with Crippen LogP contribution in [0.1, 0.15) is 36.6 Å². The van der Waals surface area contributed by atoms with E-state index in [1.54, 1.807) is 0 Å². The number of hydrogen-bond donors (Lipinski definition) is 1. The highest BCUT2D eigenvalue weighted by molar-refractivity contribution is 5.87. The first-order chi connectivity index (χ1) is 6.61. The molecule has 0 aliphatic carbocycles. The first-order valence-corrected chi connectivity index (χ1v) is 5.19. The van der Waals surface area contributed by atoms with Crippen LogP contribution in [0.5, 0.6) is 0 Å². The Morgan fingerprint density at radius 3 is 2.43 bits per heavy atom. The minimum absolute atomic E-state index is 0.571. The number of fused-ring (bicyclic) bond motifs is 1. The van der Waals surface area contributed by atoms with Crippen molar-refractivity contribution in [3.8, 4) is 0 Å². The van der Waals surface area contributed by atoms with E-state index in [4.69, 9.17) is 0 Å². The second-order valence-electron chi connectivity index (χ2n) is 4.32. The van der Waals surface area contributed by atoms with E-state index in [2.05, 4.69) is 50.9 Å². The van der Waals surface area contributed by atoms with Gasteiger partial charge in [0.1, 0.15) is 0 Å². The molecule has 0 aliphatic heterocycles. The van der Waals surface area contributed by atoms with E-state index in [0.29, 0.717) is 5.92 Å². The molecule has 1 aromatic carbocycles. The predicted molar refractivity (Wildman–Crippen MR) is 61.9 cm³/mol. The fraction of sp³-hybridized carbons (Fsp3) is 0.385. The number of nitrogens with one attached hydrogen (secondary N) is 1. The molecule has 0 aliphatic rings. The molecular weight excluding hydrogens is 170 g/mol. The lowest BCUT2D eigenvalue weighted by molar-refractivity contribution is 0.827. The summed E-state index contributed by atoms with van der Waals surface area (Å²) < 4.78 is 0. The van der Waals surface area contributed by atoms with Crippen LogP contribution in [0, 0.1) is 13.8 Å². The van der Waals surface area contributed by atoms with Crippen molar-refractivity contribution in [2.24, 2.45) is 0 Å². The monoisotopic (exact) mass is 187 g/mol. The van der Waals surface area contributed by atoms with Gasteiger partial charge in [0.05, 0.1) is 0 Å². The molecule has 1 aromatic heterocycles. The maximum atomic E-state index is 3.53. The third-order valence-electron chi connectivity index (χ3n) is 2.92. The fourth-order valence-electron chi connectivity index (χ4n) is 2.10. The van der Waals surface area contributed by atoms with Crippen LogP contribution >= 0.6 is 0 Å². The molecule has 14 heavy (non-hydrogen) atoms. The van der Waals surface area contributed by atoms with Crippen molar-refractivity contribution in [2.45, 2.75) is 33.6 Å². The maximum absolute atomic E-state index is 3.53. The SMILES string of the molecule is Cc1c(C(C)C)[nH]c2c(C)cccc12. The summed E-state index contributed by atoms with van der Waals surface area (Å²) in [5.74, 6) is 0.571. The Balaban J connectivity index is 2.80. The third kappa shape index (κ3) is 1.24. The normalized spacial score (nSPS) is 11.5. The summed E-state index contributed by atoms with van der Waals surface area (Å²) in [5, 5.41) is 1.37. The zero-order valence-electron chi connectivity index (χ0n) is 9.31. The highest BCUT2D eigenvalue weighted by Gasteiger charge is 2.10. The average Bonchev–Trinajstić information content (AvgIpc) is 2.46. The second kappa shape index (κ2) is 3.16. The van der Waals surface area contributed by atoms with Gasteiger partial charge in [-0.15, -0.1) is 0 Å². The molecule has 0 atom stereocenters. The largest absolute Gasteiger partial charge is 0.358 e. The van der Waals surface area contributed by atoms with Gasteiger partial charge in [-0.3, -0.25) is 0 Å². The van der Waals surface area contributed by atoms with Crippen molar-refractivity contribution >= 4 is 10.9 Å². The number of H-pyrrole nitrogens is 1. The minimum atomic E-state index is 0.571. The van der Waals surface area contributed by atoms with Crippen LogP contribution in [0.25, 0.3) is 10.9 Å². The summed E-state index contributed by atoms with van der Waals surface area (Å²) >= 11 is 0. The van der Waals surface area contributed by atoms with Gasteiger partial charge in [-0.1, -0.05) is 32.0 Å². The van der Waals surface area contributed by atoms with Gasteiger partial charge in [-0.05, 0) is 30.9 Å². The zero-order chi connectivity index (χ0) is 10.3. The number of benzene rings is 1. The van der Waals surface area contributed by atoms with Crippen LogP contribution in [-0.2, 0) is 0 Å². The van der Waals surface area contributed by atoms with E-state index in [1.807, 2.05) is 0 Å². The van der Waals surface area contributed by atoms with Gasteiger partial charge in [0, 0.05) is 16.6 Å². The Hall–Kier alpha value is -1.24. The topological polar surface area (TPSA) is 15.8 Å². The van der Waals surface area contributed by atoms with Crippen molar-refractivity contribution in [1.29, 1.82) is 0 Å². The van der Waals surface area contributed by atoms with Crippen LogP contribution in [-0.4, -0.2) is 4.98 Å². The van der Waals surface area contributed by atoms with Gasteiger partial charge in [-0.2, -0.15) is 0 Å². The molecule has 0 spiro atoms. The Kier molecular flexibility index (Phi) is 2.10. The summed E-state index contributed by atoms with van der Waals surface area (Å²) in [6.45, 7) is 8.82. The summed E-state index contributed by atoms with van der Waals surface area (Å²) in [5.41, 5.74) is 5.40. The van der Waals surface area contributed by atoms with Crippen LogP contribution < -0.4 is 0 Å². The van der Waals surface area contributed by atoms with Gasteiger partial charge in [0.2, 0.25) is 0 Å². The third-order valence-corrected chi connectivity index (χ3v) is 2.92. The van der Waals surface area contributed by atoms with Crippen LogP contribution in [0.3, 0.4) is 0 Å². The number of aromatic amines is 1. The summed E-state index contributed by atoms with van der Waals surface area (Å²) in [4.78, 5) is 3.53. The highest BCUT2D eigenvalue weighted by Crippen LogP contribution is 2.28. The molecule has 0 radical (unpaired) electrons. The quantitative estimate of drug-likeness (QED) is 0.696. The lowest BCUT2D eigenvalue weighted by Crippen LogP contribution is -1.89. The lowest BCUT2D eigenvalue weighted by atomic mass is 10.0. The Morgan fingerprint density at radius 1 is 1.14 bits per heavy atom. The van der Waals surface area contributed by atoms with Crippen molar-refractivity contribution in [3.63, 3.8) is 0 Å². The zero-order valence-corrected chi connectivity index (χ0v) is 9.31. The molecule has 0 saturated carbocycles. The van der Waals surface area contributed by atoms with E-state index in [1.165, 1.54) is 27.7 Å². The molecule has 0 unspecified atom stereocenters. The van der Waals surface area contributed by atoms with Gasteiger partial charge in [0.15, 0.2) is 0 Å². The van der Waals surface area contributed by atoms with E-state index >= 15 is 0 Å². The predicted octanol–water partition coefficient (Wildman–Crippen LogP) is 3.91. The summed E-state index contributed by atoms with van der Waals surface area (Å²) in [6, 6.07) is 6.48. The molecule has 2 rings (SSSR count).